The SMILES string of the molecule is CCOC(=O)C=Cc1cc(OCc2ccccc2)ccc1-c1ccc(-c2cccc(C(F)(F)F)c2)c(C=O)c1. The van der Waals surface area contributed by atoms with Gasteiger partial charge in [0.15, 0.2) is 6.29 Å². The van der Waals surface area contributed by atoms with E-state index in [0.717, 1.165) is 17.7 Å². The molecule has 4 rings (SSSR count). The van der Waals surface area contributed by atoms with E-state index in [2.05, 4.69) is 0 Å². The van der Waals surface area contributed by atoms with E-state index in [-0.39, 0.29) is 17.7 Å². The largest absolute Gasteiger partial charge is 0.489 e. The first-order valence-electron chi connectivity index (χ1n) is 12.2. The van der Waals surface area contributed by atoms with Crippen LogP contribution in [0.5, 0.6) is 5.75 Å². The van der Waals surface area contributed by atoms with E-state index in [1.807, 2.05) is 30.3 Å². The van der Waals surface area contributed by atoms with Crippen LogP contribution < -0.4 is 4.74 Å². The van der Waals surface area contributed by atoms with Crippen LogP contribution in [0.15, 0.2) is 97.1 Å². The summed E-state index contributed by atoms with van der Waals surface area (Å²) in [5, 5.41) is 0. The van der Waals surface area contributed by atoms with Gasteiger partial charge in [-0.2, -0.15) is 13.2 Å². The summed E-state index contributed by atoms with van der Waals surface area (Å²) in [5.41, 5.74) is 3.07. The lowest BCUT2D eigenvalue weighted by Gasteiger charge is -2.14. The van der Waals surface area contributed by atoms with Gasteiger partial charge in [0.05, 0.1) is 12.2 Å². The number of alkyl halides is 3. The second-order valence-electron chi connectivity index (χ2n) is 8.61. The summed E-state index contributed by atoms with van der Waals surface area (Å²) in [6.45, 7) is 2.29. The second-order valence-corrected chi connectivity index (χ2v) is 8.61. The van der Waals surface area contributed by atoms with E-state index in [1.54, 1.807) is 49.4 Å². The summed E-state index contributed by atoms with van der Waals surface area (Å²) >= 11 is 0. The first-order valence-corrected chi connectivity index (χ1v) is 12.2. The third-order valence-corrected chi connectivity index (χ3v) is 5.95. The summed E-state index contributed by atoms with van der Waals surface area (Å²) in [5.74, 6) is 0.0647. The Bertz CT molecular complexity index is 1490. The highest BCUT2D eigenvalue weighted by molar-refractivity contribution is 5.93. The summed E-state index contributed by atoms with van der Waals surface area (Å²) in [6, 6.07) is 24.8. The molecule has 0 bridgehead atoms. The molecule has 0 spiro atoms. The van der Waals surface area contributed by atoms with Gasteiger partial charge in [0.1, 0.15) is 12.4 Å². The highest BCUT2D eigenvalue weighted by atomic mass is 19.4. The van der Waals surface area contributed by atoms with E-state index in [1.165, 1.54) is 18.2 Å². The molecule has 0 saturated heterocycles. The van der Waals surface area contributed by atoms with Crippen molar-refractivity contribution < 1.29 is 32.2 Å². The fourth-order valence-corrected chi connectivity index (χ4v) is 4.07. The number of aldehydes is 1. The van der Waals surface area contributed by atoms with Gasteiger partial charge in [-0.1, -0.05) is 60.7 Å². The molecule has 4 nitrogen and oxygen atoms in total. The molecule has 0 fully saturated rings. The molecule has 0 N–H and O–H groups in total. The first kappa shape index (κ1) is 27.4. The normalized spacial score (nSPS) is 11.4. The topological polar surface area (TPSA) is 52.6 Å². The summed E-state index contributed by atoms with van der Waals surface area (Å²) in [6.07, 6.45) is -0.975. The minimum atomic E-state index is -4.50. The van der Waals surface area contributed by atoms with Gasteiger partial charge in [-0.05, 0) is 76.7 Å². The van der Waals surface area contributed by atoms with Crippen molar-refractivity contribution in [2.24, 2.45) is 0 Å². The number of halogens is 3. The maximum atomic E-state index is 13.2. The lowest BCUT2D eigenvalue weighted by molar-refractivity contribution is -0.138. The molecule has 0 saturated carbocycles. The molecule has 0 aliphatic carbocycles. The smallest absolute Gasteiger partial charge is 0.416 e. The van der Waals surface area contributed by atoms with Gasteiger partial charge in [-0.15, -0.1) is 0 Å². The molecule has 0 aliphatic rings. The molecule has 0 heterocycles. The maximum absolute atomic E-state index is 13.2. The van der Waals surface area contributed by atoms with Crippen LogP contribution >= 0.6 is 0 Å². The zero-order valence-electron chi connectivity index (χ0n) is 21.1. The first-order chi connectivity index (χ1) is 18.8. The Balaban J connectivity index is 1.71. The molecule has 4 aromatic rings. The van der Waals surface area contributed by atoms with Crippen LogP contribution in [0.1, 0.15) is 34.0 Å². The van der Waals surface area contributed by atoms with Gasteiger partial charge >= 0.3 is 12.1 Å². The standard InChI is InChI=1S/C32H25F3O4/c1-2-38-31(37)16-12-25-19-28(39-21-22-7-4-3-5-8-22)13-15-29(25)24-11-14-30(26(17-24)20-36)23-9-6-10-27(18-23)32(33,34)35/h3-20H,2,21H2,1H3. The van der Waals surface area contributed by atoms with Crippen molar-refractivity contribution in [3.63, 3.8) is 0 Å². The predicted octanol–water partition coefficient (Wildman–Crippen LogP) is 8.01. The van der Waals surface area contributed by atoms with Crippen molar-refractivity contribution in [3.8, 4) is 28.0 Å². The van der Waals surface area contributed by atoms with E-state index in [9.17, 15) is 22.8 Å². The van der Waals surface area contributed by atoms with Gasteiger partial charge in [-0.3, -0.25) is 4.79 Å². The van der Waals surface area contributed by atoms with Crippen LogP contribution in [0.25, 0.3) is 28.3 Å². The zero-order chi connectivity index (χ0) is 27.8. The molecular weight excluding hydrogens is 505 g/mol. The highest BCUT2D eigenvalue weighted by Gasteiger charge is 2.30. The molecule has 0 atom stereocenters. The van der Waals surface area contributed by atoms with Gasteiger partial charge in [-0.25, -0.2) is 4.79 Å². The maximum Gasteiger partial charge on any atom is 0.416 e. The van der Waals surface area contributed by atoms with E-state index < -0.39 is 17.7 Å². The Morgan fingerprint density at radius 1 is 0.821 bits per heavy atom. The Labute approximate surface area is 224 Å². The molecule has 7 heteroatoms. The van der Waals surface area contributed by atoms with Crippen molar-refractivity contribution in [1.82, 2.24) is 0 Å². The Hall–Kier alpha value is -4.65. The van der Waals surface area contributed by atoms with E-state index >= 15 is 0 Å². The minimum absolute atomic E-state index is 0.232. The molecule has 0 amide bonds. The van der Waals surface area contributed by atoms with Gasteiger partial charge in [0, 0.05) is 11.6 Å². The van der Waals surface area contributed by atoms with Crippen molar-refractivity contribution >= 4 is 18.3 Å². The molecule has 0 aromatic heterocycles. The van der Waals surface area contributed by atoms with Crippen LogP contribution in [0.4, 0.5) is 13.2 Å². The summed E-state index contributed by atoms with van der Waals surface area (Å²) in [4.78, 5) is 24.0. The lowest BCUT2D eigenvalue weighted by Crippen LogP contribution is -2.04. The molecule has 39 heavy (non-hydrogen) atoms. The third-order valence-electron chi connectivity index (χ3n) is 5.95. The number of rotatable bonds is 9. The predicted molar refractivity (Wildman–Crippen MR) is 144 cm³/mol. The molecule has 0 radical (unpaired) electrons. The van der Waals surface area contributed by atoms with Crippen LogP contribution in [-0.4, -0.2) is 18.9 Å². The van der Waals surface area contributed by atoms with Crippen LogP contribution in [-0.2, 0) is 22.3 Å². The average Bonchev–Trinajstić information content (AvgIpc) is 2.95. The lowest BCUT2D eigenvalue weighted by atomic mass is 9.92. The molecule has 0 unspecified atom stereocenters. The van der Waals surface area contributed by atoms with Gasteiger partial charge in [0.25, 0.3) is 0 Å². The van der Waals surface area contributed by atoms with Crippen LogP contribution in [0.3, 0.4) is 0 Å². The highest BCUT2D eigenvalue weighted by Crippen LogP contribution is 2.35. The Kier molecular flexibility index (Phi) is 8.61. The Morgan fingerprint density at radius 3 is 2.26 bits per heavy atom. The molecule has 198 valence electrons. The molecule has 4 aromatic carbocycles. The fraction of sp³-hybridized carbons (Fsp3) is 0.125. The van der Waals surface area contributed by atoms with Crippen LogP contribution in [0, 0.1) is 0 Å². The number of ether oxygens (including phenoxy) is 2. The zero-order valence-corrected chi connectivity index (χ0v) is 21.1. The summed E-state index contributed by atoms with van der Waals surface area (Å²) in [7, 11) is 0. The number of hydrogen-bond acceptors (Lipinski definition) is 4. The number of benzene rings is 4. The summed E-state index contributed by atoms with van der Waals surface area (Å²) < 4.78 is 50.7. The molecular formula is C32H25F3O4. The quantitative estimate of drug-likeness (QED) is 0.125. The number of carbonyl (C=O) groups excluding carboxylic acids is 2. The van der Waals surface area contributed by atoms with Crippen LogP contribution in [0.2, 0.25) is 0 Å². The van der Waals surface area contributed by atoms with E-state index in [0.29, 0.717) is 40.9 Å². The van der Waals surface area contributed by atoms with Crippen molar-refractivity contribution in [3.05, 3.63) is 119 Å². The van der Waals surface area contributed by atoms with E-state index in [4.69, 9.17) is 9.47 Å². The van der Waals surface area contributed by atoms with Crippen molar-refractivity contribution in [2.45, 2.75) is 19.7 Å². The van der Waals surface area contributed by atoms with Crippen molar-refractivity contribution in [1.29, 1.82) is 0 Å². The number of hydrogen-bond donors (Lipinski definition) is 0. The third kappa shape index (κ3) is 7.02. The number of esters is 1. The fourth-order valence-electron chi connectivity index (χ4n) is 4.07. The van der Waals surface area contributed by atoms with Gasteiger partial charge < -0.3 is 9.47 Å². The second kappa shape index (κ2) is 12.3. The molecule has 0 aliphatic heterocycles. The Morgan fingerprint density at radius 2 is 1.54 bits per heavy atom. The number of carbonyl (C=O) groups is 2. The monoisotopic (exact) mass is 530 g/mol. The van der Waals surface area contributed by atoms with Gasteiger partial charge in [0.2, 0.25) is 0 Å². The minimum Gasteiger partial charge on any atom is -0.489 e. The van der Waals surface area contributed by atoms with Crippen molar-refractivity contribution in [2.75, 3.05) is 6.61 Å². The average molecular weight is 531 g/mol.